The van der Waals surface area contributed by atoms with E-state index in [0.717, 1.165) is 34.8 Å². The molecule has 0 amide bonds. The number of allylic oxidation sites excluding steroid dienone is 1. The smallest absolute Gasteiger partial charge is 0.178 e. The van der Waals surface area contributed by atoms with E-state index < -0.39 is 0 Å². The van der Waals surface area contributed by atoms with Crippen molar-refractivity contribution in [3.05, 3.63) is 89.2 Å². The fourth-order valence-electron chi connectivity index (χ4n) is 2.46. The van der Waals surface area contributed by atoms with Gasteiger partial charge >= 0.3 is 0 Å². The summed E-state index contributed by atoms with van der Waals surface area (Å²) >= 11 is 0. The van der Waals surface area contributed by atoms with Gasteiger partial charge < -0.3 is 0 Å². The second-order valence-corrected chi connectivity index (χ2v) is 5.51. The molecule has 0 aliphatic heterocycles. The largest absolute Gasteiger partial charge is 0.249 e. The van der Waals surface area contributed by atoms with Crippen LogP contribution in [0.5, 0.6) is 0 Å². The molecule has 1 aromatic carbocycles. The molecule has 0 fully saturated rings. The van der Waals surface area contributed by atoms with E-state index in [1.807, 2.05) is 30.3 Å². The van der Waals surface area contributed by atoms with Crippen LogP contribution in [0.25, 0.3) is 24.2 Å². The Morgan fingerprint density at radius 3 is 2.54 bits per heavy atom. The zero-order chi connectivity index (χ0) is 16.8. The summed E-state index contributed by atoms with van der Waals surface area (Å²) < 4.78 is 0. The molecule has 0 N–H and O–H groups in total. The average Bonchev–Trinajstić information content (AvgIpc) is 2.63. The topological polar surface area (TPSA) is 38.7 Å². The number of benzene rings is 1. The second-order valence-electron chi connectivity index (χ2n) is 5.51. The Labute approximate surface area is 141 Å². The fourth-order valence-corrected chi connectivity index (χ4v) is 2.46. The van der Waals surface area contributed by atoms with Gasteiger partial charge in [0, 0.05) is 17.1 Å². The maximum Gasteiger partial charge on any atom is 0.178 e. The summed E-state index contributed by atoms with van der Waals surface area (Å²) in [5.41, 5.74) is 3.12. The van der Waals surface area contributed by atoms with Crippen molar-refractivity contribution in [1.82, 2.24) is 15.0 Å². The molecule has 0 spiro atoms. The van der Waals surface area contributed by atoms with E-state index >= 15 is 0 Å². The molecule has 0 saturated carbocycles. The molecule has 0 aliphatic carbocycles. The van der Waals surface area contributed by atoms with Crippen molar-refractivity contribution in [3.63, 3.8) is 0 Å². The third-order valence-corrected chi connectivity index (χ3v) is 3.72. The van der Waals surface area contributed by atoms with Crippen LogP contribution in [0.1, 0.15) is 11.3 Å². The van der Waals surface area contributed by atoms with Gasteiger partial charge in [-0.3, -0.25) is 0 Å². The summed E-state index contributed by atoms with van der Waals surface area (Å²) in [6.45, 7) is 7.64. The maximum absolute atomic E-state index is 4.70. The minimum atomic E-state index is 0.608. The fraction of sp³-hybridized carbons (Fsp3) is 0.0952. The summed E-state index contributed by atoms with van der Waals surface area (Å²) in [5.74, 6) is 0.608. The Bertz CT molecular complexity index is 946. The van der Waals surface area contributed by atoms with Crippen molar-refractivity contribution < 1.29 is 0 Å². The summed E-state index contributed by atoms with van der Waals surface area (Å²) in [6.07, 6.45) is 7.09. The average molecular weight is 313 g/mol. The Hall–Kier alpha value is -3.07. The van der Waals surface area contributed by atoms with Crippen molar-refractivity contribution in [3.8, 4) is 11.5 Å². The molecule has 2 heterocycles. The van der Waals surface area contributed by atoms with Gasteiger partial charge in [0.1, 0.15) is 5.69 Å². The number of aryl methyl sites for hydroxylation is 2. The van der Waals surface area contributed by atoms with Crippen LogP contribution in [0.2, 0.25) is 0 Å². The van der Waals surface area contributed by atoms with Gasteiger partial charge in [-0.15, -0.1) is 0 Å². The molecule has 2 aromatic heterocycles. The molecule has 24 heavy (non-hydrogen) atoms. The second kappa shape index (κ2) is 7.47. The number of hydrogen-bond acceptors (Lipinski definition) is 3. The van der Waals surface area contributed by atoms with Gasteiger partial charge in [0.15, 0.2) is 5.82 Å². The maximum atomic E-state index is 4.70. The molecule has 0 aliphatic rings. The van der Waals surface area contributed by atoms with Crippen molar-refractivity contribution >= 4 is 12.7 Å². The number of pyridine rings is 1. The first-order valence-corrected chi connectivity index (χ1v) is 7.91. The molecule has 3 aromatic rings. The Balaban J connectivity index is 1.85. The predicted molar refractivity (Wildman–Crippen MR) is 98.5 cm³/mol. The van der Waals surface area contributed by atoms with Crippen molar-refractivity contribution in [2.75, 3.05) is 0 Å². The minimum absolute atomic E-state index is 0.608. The highest BCUT2D eigenvalue weighted by atomic mass is 14.9. The molecule has 0 unspecified atom stereocenters. The van der Waals surface area contributed by atoms with Crippen LogP contribution in [-0.2, 0) is 12.8 Å². The first kappa shape index (κ1) is 15.8. The van der Waals surface area contributed by atoms with E-state index in [1.54, 1.807) is 12.3 Å². The third kappa shape index (κ3) is 3.82. The van der Waals surface area contributed by atoms with E-state index in [-0.39, 0.29) is 0 Å². The monoisotopic (exact) mass is 313 g/mol. The summed E-state index contributed by atoms with van der Waals surface area (Å²) in [4.78, 5) is 13.6. The SMILES string of the molecule is C=C/C=c1/nc(-c2cccc(CCc3ccccc3)n2)ncc1=C. The van der Waals surface area contributed by atoms with Crippen LogP contribution < -0.4 is 10.6 Å². The third-order valence-electron chi connectivity index (χ3n) is 3.72. The molecule has 3 heteroatoms. The standard InChI is InChI=1S/C21H19N3/c1-3-8-19-16(2)15-22-21(24-19)20-12-7-11-18(23-20)14-13-17-9-5-4-6-10-17/h3-12,15H,1-2,13-14H2/b19-8+. The quantitative estimate of drug-likeness (QED) is 0.727. The van der Waals surface area contributed by atoms with Gasteiger partial charge in [0.25, 0.3) is 0 Å². The van der Waals surface area contributed by atoms with E-state index in [0.29, 0.717) is 5.82 Å². The van der Waals surface area contributed by atoms with Crippen molar-refractivity contribution in [2.45, 2.75) is 12.8 Å². The van der Waals surface area contributed by atoms with Crippen molar-refractivity contribution in [1.29, 1.82) is 0 Å². The molecular weight excluding hydrogens is 294 g/mol. The lowest BCUT2D eigenvalue weighted by Gasteiger charge is -2.04. The summed E-state index contributed by atoms with van der Waals surface area (Å²) in [5, 5.41) is 1.55. The lowest BCUT2D eigenvalue weighted by Crippen LogP contribution is -2.28. The molecule has 0 saturated heterocycles. The highest BCUT2D eigenvalue weighted by Gasteiger charge is 2.04. The number of rotatable bonds is 5. The van der Waals surface area contributed by atoms with Crippen LogP contribution >= 0.6 is 0 Å². The van der Waals surface area contributed by atoms with E-state index in [1.165, 1.54) is 5.56 Å². The molecule has 118 valence electrons. The van der Waals surface area contributed by atoms with Crippen LogP contribution in [0.3, 0.4) is 0 Å². The molecule has 0 atom stereocenters. The molecular formula is C21H19N3. The number of aromatic nitrogens is 3. The first-order chi connectivity index (χ1) is 11.8. The Kier molecular flexibility index (Phi) is 4.92. The van der Waals surface area contributed by atoms with Gasteiger partial charge in [-0.05, 0) is 36.6 Å². The first-order valence-electron chi connectivity index (χ1n) is 7.91. The normalized spacial score (nSPS) is 11.4. The van der Waals surface area contributed by atoms with E-state index in [4.69, 9.17) is 4.98 Å². The molecule has 3 nitrogen and oxygen atoms in total. The highest BCUT2D eigenvalue weighted by Crippen LogP contribution is 2.12. The summed E-state index contributed by atoms with van der Waals surface area (Å²) in [6, 6.07) is 16.4. The van der Waals surface area contributed by atoms with Gasteiger partial charge in [-0.25, -0.2) is 15.0 Å². The molecule has 0 bridgehead atoms. The number of hydrogen-bond donors (Lipinski definition) is 0. The predicted octanol–water partition coefficient (Wildman–Crippen LogP) is 2.70. The Morgan fingerprint density at radius 2 is 1.75 bits per heavy atom. The van der Waals surface area contributed by atoms with Crippen molar-refractivity contribution in [2.24, 2.45) is 0 Å². The van der Waals surface area contributed by atoms with Crippen LogP contribution in [-0.4, -0.2) is 15.0 Å². The zero-order valence-corrected chi connectivity index (χ0v) is 13.5. The van der Waals surface area contributed by atoms with Gasteiger partial charge in [0.05, 0.1) is 5.35 Å². The molecule has 3 rings (SSSR count). The van der Waals surface area contributed by atoms with E-state index in [2.05, 4.69) is 47.4 Å². The number of nitrogens with zero attached hydrogens (tertiary/aromatic N) is 3. The Morgan fingerprint density at radius 1 is 0.917 bits per heavy atom. The summed E-state index contributed by atoms with van der Waals surface area (Å²) in [7, 11) is 0. The van der Waals surface area contributed by atoms with Gasteiger partial charge in [-0.2, -0.15) is 0 Å². The molecule has 0 radical (unpaired) electrons. The highest BCUT2D eigenvalue weighted by molar-refractivity contribution is 5.49. The van der Waals surface area contributed by atoms with Gasteiger partial charge in [-0.1, -0.05) is 55.6 Å². The van der Waals surface area contributed by atoms with E-state index in [9.17, 15) is 0 Å². The zero-order valence-electron chi connectivity index (χ0n) is 13.5. The van der Waals surface area contributed by atoms with Gasteiger partial charge in [0.2, 0.25) is 0 Å². The minimum Gasteiger partial charge on any atom is -0.249 e. The van der Waals surface area contributed by atoms with Crippen LogP contribution in [0.4, 0.5) is 0 Å². The van der Waals surface area contributed by atoms with Crippen LogP contribution in [0, 0.1) is 0 Å². The lowest BCUT2D eigenvalue weighted by molar-refractivity contribution is 0.911. The lowest BCUT2D eigenvalue weighted by atomic mass is 10.1. The van der Waals surface area contributed by atoms with Crippen LogP contribution in [0.15, 0.2) is 67.4 Å².